The van der Waals surface area contributed by atoms with Crippen molar-refractivity contribution in [3.8, 4) is 0 Å². The SMILES string of the molecule is C=CCOS(=O)CC=C.C=CC[SH](=O)(O)CC=C. The molecule has 0 spiro atoms. The Hall–Kier alpha value is -0.820. The molecule has 1 N–H and O–H groups in total. The van der Waals surface area contributed by atoms with Gasteiger partial charge in [-0.05, 0) is 0 Å². The molecule has 0 rings (SSSR count). The van der Waals surface area contributed by atoms with Crippen LogP contribution in [0.15, 0.2) is 50.6 Å². The molecule has 0 aromatic carbocycles. The number of thiol groups is 1. The molecule has 0 saturated heterocycles. The Labute approximate surface area is 113 Å². The van der Waals surface area contributed by atoms with Crippen LogP contribution in [-0.4, -0.2) is 36.8 Å². The molecule has 0 amide bonds. The summed E-state index contributed by atoms with van der Waals surface area (Å²) in [7, 11) is -2.93. The fourth-order valence-corrected chi connectivity index (χ4v) is 2.24. The van der Waals surface area contributed by atoms with Gasteiger partial charge in [0.25, 0.3) is 0 Å². The minimum absolute atomic E-state index is 0.180. The summed E-state index contributed by atoms with van der Waals surface area (Å²) in [5, 5.41) is 0. The van der Waals surface area contributed by atoms with Crippen molar-refractivity contribution in [2.75, 3.05) is 23.9 Å². The first-order chi connectivity index (χ1) is 8.43. The maximum absolute atomic E-state index is 10.8. The number of rotatable bonds is 9. The van der Waals surface area contributed by atoms with Gasteiger partial charge in [0.05, 0.1) is 12.4 Å². The molecule has 0 aliphatic rings. The topological polar surface area (TPSA) is 63.6 Å². The molecule has 0 aliphatic heterocycles. The molecular weight excluding hydrogens is 272 g/mol. The van der Waals surface area contributed by atoms with Gasteiger partial charge in [-0.3, -0.25) is 4.18 Å². The summed E-state index contributed by atoms with van der Waals surface area (Å²) in [4.78, 5) is 0. The predicted molar refractivity (Wildman–Crippen MR) is 81.6 cm³/mol. The van der Waals surface area contributed by atoms with Crippen molar-refractivity contribution in [3.63, 3.8) is 0 Å². The lowest BCUT2D eigenvalue weighted by molar-refractivity contribution is 0.397. The zero-order valence-electron chi connectivity index (χ0n) is 10.5. The van der Waals surface area contributed by atoms with Gasteiger partial charge in [0.2, 0.25) is 0 Å². The Morgan fingerprint density at radius 2 is 1.56 bits per heavy atom. The Morgan fingerprint density at radius 3 is 1.89 bits per heavy atom. The molecule has 0 fully saturated rings. The summed E-state index contributed by atoms with van der Waals surface area (Å²) < 4.78 is 35.0. The van der Waals surface area contributed by atoms with E-state index in [1.54, 1.807) is 12.2 Å². The maximum atomic E-state index is 10.8. The summed E-state index contributed by atoms with van der Waals surface area (Å²) in [5.41, 5.74) is 0. The highest BCUT2D eigenvalue weighted by atomic mass is 32.3. The molecule has 0 aromatic rings. The molecule has 106 valence electrons. The van der Waals surface area contributed by atoms with E-state index in [0.29, 0.717) is 12.4 Å². The predicted octanol–water partition coefficient (Wildman–Crippen LogP) is 1.89. The monoisotopic (exact) mass is 294 g/mol. The van der Waals surface area contributed by atoms with E-state index >= 15 is 0 Å². The van der Waals surface area contributed by atoms with Crippen molar-refractivity contribution in [2.45, 2.75) is 0 Å². The molecule has 0 aliphatic carbocycles. The van der Waals surface area contributed by atoms with Crippen LogP contribution in [0, 0.1) is 0 Å². The van der Waals surface area contributed by atoms with Crippen molar-refractivity contribution in [1.82, 2.24) is 0 Å². The first-order valence-electron chi connectivity index (χ1n) is 5.19. The maximum Gasteiger partial charge on any atom is 0.159 e. The molecular formula is C12H22O4S2. The van der Waals surface area contributed by atoms with Gasteiger partial charge in [0.15, 0.2) is 11.1 Å². The summed E-state index contributed by atoms with van der Waals surface area (Å²) in [6.45, 7) is 13.9. The lowest BCUT2D eigenvalue weighted by atomic mass is 10.7. The molecule has 4 nitrogen and oxygen atoms in total. The molecule has 0 saturated carbocycles. The highest BCUT2D eigenvalue weighted by molar-refractivity contribution is 7.98. The van der Waals surface area contributed by atoms with Crippen LogP contribution in [-0.2, 0) is 25.5 Å². The van der Waals surface area contributed by atoms with E-state index < -0.39 is 21.3 Å². The van der Waals surface area contributed by atoms with Crippen molar-refractivity contribution < 1.29 is 17.2 Å². The van der Waals surface area contributed by atoms with Crippen molar-refractivity contribution in [3.05, 3.63) is 50.6 Å². The van der Waals surface area contributed by atoms with Crippen LogP contribution in [0.5, 0.6) is 0 Å². The Balaban J connectivity index is 0. The second kappa shape index (κ2) is 12.6. The summed E-state index contributed by atoms with van der Waals surface area (Å²) in [5.74, 6) is 0.742. The van der Waals surface area contributed by atoms with Crippen LogP contribution in [0.25, 0.3) is 0 Å². The quantitative estimate of drug-likeness (QED) is 0.503. The third-order valence-electron chi connectivity index (χ3n) is 1.40. The highest BCUT2D eigenvalue weighted by Crippen LogP contribution is 1.97. The van der Waals surface area contributed by atoms with Gasteiger partial charge in [-0.15, -0.1) is 26.3 Å². The fourth-order valence-electron chi connectivity index (χ4n) is 0.746. The summed E-state index contributed by atoms with van der Waals surface area (Å²) in [6.07, 6.45) is 6.01. The van der Waals surface area contributed by atoms with E-state index in [0.717, 1.165) is 0 Å². The molecule has 0 heterocycles. The van der Waals surface area contributed by atoms with E-state index in [9.17, 15) is 8.42 Å². The Kier molecular flexibility index (Phi) is 13.7. The van der Waals surface area contributed by atoms with E-state index in [1.165, 1.54) is 12.2 Å². The average molecular weight is 294 g/mol. The van der Waals surface area contributed by atoms with E-state index in [2.05, 4.69) is 26.3 Å². The second-order valence-electron chi connectivity index (χ2n) is 3.12. The Bertz CT molecular complexity index is 323. The molecule has 18 heavy (non-hydrogen) atoms. The van der Waals surface area contributed by atoms with Crippen molar-refractivity contribution in [1.29, 1.82) is 0 Å². The van der Waals surface area contributed by atoms with Gasteiger partial charge < -0.3 is 4.55 Å². The average Bonchev–Trinajstić information content (AvgIpc) is 2.27. The Morgan fingerprint density at radius 1 is 1.06 bits per heavy atom. The fraction of sp³-hybridized carbons (Fsp3) is 0.333. The normalized spacial score (nSPS) is 12.5. The van der Waals surface area contributed by atoms with Crippen LogP contribution >= 0.6 is 0 Å². The van der Waals surface area contributed by atoms with Crippen LogP contribution < -0.4 is 0 Å². The summed E-state index contributed by atoms with van der Waals surface area (Å²) in [6, 6.07) is 0. The third-order valence-corrected chi connectivity index (χ3v) is 3.96. The van der Waals surface area contributed by atoms with E-state index in [-0.39, 0.29) is 11.5 Å². The first kappa shape index (κ1) is 19.5. The van der Waals surface area contributed by atoms with Gasteiger partial charge in [-0.25, -0.2) is 8.42 Å². The van der Waals surface area contributed by atoms with Crippen LogP contribution in [0.3, 0.4) is 0 Å². The van der Waals surface area contributed by atoms with Gasteiger partial charge in [-0.1, -0.05) is 24.3 Å². The van der Waals surface area contributed by atoms with Crippen molar-refractivity contribution >= 4 is 21.3 Å². The number of hydrogen-bond acceptors (Lipinski definition) is 3. The molecule has 1 unspecified atom stereocenters. The van der Waals surface area contributed by atoms with E-state index in [4.69, 9.17) is 8.74 Å². The lowest BCUT2D eigenvalue weighted by Crippen LogP contribution is -2.16. The minimum Gasteiger partial charge on any atom is -0.305 e. The van der Waals surface area contributed by atoms with Crippen LogP contribution in [0.1, 0.15) is 0 Å². The summed E-state index contributed by atoms with van der Waals surface area (Å²) >= 11 is -1.21. The number of hydrogen-bond donors (Lipinski definition) is 2. The largest absolute Gasteiger partial charge is 0.305 e. The van der Waals surface area contributed by atoms with Crippen LogP contribution in [0.4, 0.5) is 0 Å². The third kappa shape index (κ3) is 15.2. The van der Waals surface area contributed by atoms with E-state index in [1.807, 2.05) is 0 Å². The van der Waals surface area contributed by atoms with Crippen LogP contribution in [0.2, 0.25) is 0 Å². The zero-order valence-corrected chi connectivity index (χ0v) is 12.2. The molecule has 0 bridgehead atoms. The smallest absolute Gasteiger partial charge is 0.159 e. The molecule has 0 aromatic heterocycles. The highest BCUT2D eigenvalue weighted by Gasteiger charge is 1.97. The zero-order chi connectivity index (χ0) is 14.4. The first-order valence-corrected chi connectivity index (χ1v) is 8.47. The molecule has 6 heteroatoms. The van der Waals surface area contributed by atoms with Gasteiger partial charge in [-0.2, -0.15) is 10.2 Å². The van der Waals surface area contributed by atoms with Gasteiger partial charge in [0, 0.05) is 11.5 Å². The standard InChI is InChI=1S/C6H12O2S.C6H10O2S/c1-3-5-9(7,8)6-4-2;1-3-5-8-9(7)6-4-2/h3-4,9H,1-2,5-6H2,(H,7,8);3-4H,1-2,5-6H2. The minimum atomic E-state index is -2.93. The second-order valence-corrected chi connectivity index (χ2v) is 6.72. The molecule has 1 atom stereocenters. The van der Waals surface area contributed by atoms with Crippen molar-refractivity contribution in [2.24, 2.45) is 0 Å². The molecule has 0 radical (unpaired) electrons. The van der Waals surface area contributed by atoms with Gasteiger partial charge in [0.1, 0.15) is 0 Å². The lowest BCUT2D eigenvalue weighted by Gasteiger charge is -2.17. The van der Waals surface area contributed by atoms with Gasteiger partial charge >= 0.3 is 0 Å².